The molecule has 3 nitrogen and oxygen atoms in total. The van der Waals surface area contributed by atoms with Gasteiger partial charge in [-0.05, 0) is 24.5 Å². The highest BCUT2D eigenvalue weighted by molar-refractivity contribution is 5.30. The molecular formula is C21H24F3N3. The van der Waals surface area contributed by atoms with Gasteiger partial charge in [-0.15, -0.1) is 0 Å². The van der Waals surface area contributed by atoms with Gasteiger partial charge in [0.1, 0.15) is 5.82 Å². The fourth-order valence-electron chi connectivity index (χ4n) is 4.26. The molecule has 27 heavy (non-hydrogen) atoms. The second kappa shape index (κ2) is 7.58. The van der Waals surface area contributed by atoms with Crippen LogP contribution in [0.2, 0.25) is 0 Å². The zero-order valence-electron chi connectivity index (χ0n) is 15.3. The largest absolute Gasteiger partial charge is 0.416 e. The Bertz CT molecular complexity index is 797. The van der Waals surface area contributed by atoms with Crippen LogP contribution >= 0.6 is 0 Å². The highest BCUT2D eigenvalue weighted by Gasteiger charge is 2.33. The van der Waals surface area contributed by atoms with Crippen molar-refractivity contribution in [2.24, 2.45) is 0 Å². The minimum Gasteiger partial charge on any atom is -0.294 e. The van der Waals surface area contributed by atoms with Crippen molar-refractivity contribution in [1.82, 2.24) is 14.9 Å². The molecule has 0 saturated heterocycles. The number of benzene rings is 1. The summed E-state index contributed by atoms with van der Waals surface area (Å²) in [6.07, 6.45) is 4.48. The standard InChI is InChI=1S/C21H24F3N3/c22-21(23,24)18-9-5-4-8-16(18)13-27-11-10-19-17(14-27)12-25-20(26-19)15-6-2-1-3-7-15/h4-5,8-9,12,15H,1-3,6-7,10-11,13-14H2. The van der Waals surface area contributed by atoms with Crippen molar-refractivity contribution in [2.75, 3.05) is 6.54 Å². The summed E-state index contributed by atoms with van der Waals surface area (Å²) in [7, 11) is 0. The second-order valence-corrected chi connectivity index (χ2v) is 7.65. The summed E-state index contributed by atoms with van der Waals surface area (Å²) in [6, 6.07) is 5.84. The normalized spacial score (nSPS) is 19.1. The van der Waals surface area contributed by atoms with Gasteiger partial charge in [-0.2, -0.15) is 13.2 Å². The molecule has 0 N–H and O–H groups in total. The first-order chi connectivity index (χ1) is 13.0. The first kappa shape index (κ1) is 18.4. The molecule has 1 aliphatic carbocycles. The summed E-state index contributed by atoms with van der Waals surface area (Å²) < 4.78 is 39.7. The van der Waals surface area contributed by atoms with Crippen LogP contribution in [-0.4, -0.2) is 21.4 Å². The Labute approximate surface area is 157 Å². The lowest BCUT2D eigenvalue weighted by Crippen LogP contribution is -2.32. The van der Waals surface area contributed by atoms with Gasteiger partial charge < -0.3 is 0 Å². The number of halogens is 3. The van der Waals surface area contributed by atoms with E-state index >= 15 is 0 Å². The van der Waals surface area contributed by atoms with Crippen LogP contribution in [0.4, 0.5) is 13.2 Å². The molecule has 144 valence electrons. The quantitative estimate of drug-likeness (QED) is 0.747. The van der Waals surface area contributed by atoms with Crippen LogP contribution in [0.15, 0.2) is 30.5 Å². The molecule has 0 bridgehead atoms. The predicted octanol–water partition coefficient (Wildman–Crippen LogP) is 5.10. The van der Waals surface area contributed by atoms with Gasteiger partial charge in [0.25, 0.3) is 0 Å². The van der Waals surface area contributed by atoms with Crippen molar-refractivity contribution in [3.63, 3.8) is 0 Å². The van der Waals surface area contributed by atoms with Gasteiger partial charge >= 0.3 is 6.18 Å². The Kier molecular flexibility index (Phi) is 5.17. The molecule has 2 aromatic rings. The summed E-state index contributed by atoms with van der Waals surface area (Å²) in [6.45, 7) is 1.62. The van der Waals surface area contributed by atoms with E-state index in [1.807, 2.05) is 6.20 Å². The summed E-state index contributed by atoms with van der Waals surface area (Å²) >= 11 is 0. The Balaban J connectivity index is 1.48. The van der Waals surface area contributed by atoms with E-state index in [0.717, 1.165) is 36.1 Å². The third-order valence-corrected chi connectivity index (χ3v) is 5.72. The molecule has 1 aromatic heterocycles. The molecule has 0 radical (unpaired) electrons. The maximum Gasteiger partial charge on any atom is 0.416 e. The Morgan fingerprint density at radius 1 is 1.07 bits per heavy atom. The lowest BCUT2D eigenvalue weighted by molar-refractivity contribution is -0.138. The fourth-order valence-corrected chi connectivity index (χ4v) is 4.26. The van der Waals surface area contributed by atoms with Gasteiger partial charge in [-0.1, -0.05) is 37.5 Å². The molecule has 2 heterocycles. The van der Waals surface area contributed by atoms with Gasteiger partial charge in [0, 0.05) is 49.4 Å². The van der Waals surface area contributed by atoms with Crippen molar-refractivity contribution in [3.8, 4) is 0 Å². The summed E-state index contributed by atoms with van der Waals surface area (Å²) in [5.41, 5.74) is 1.91. The van der Waals surface area contributed by atoms with Gasteiger partial charge in [-0.3, -0.25) is 4.90 Å². The maximum atomic E-state index is 13.2. The van der Waals surface area contributed by atoms with Crippen LogP contribution < -0.4 is 0 Å². The number of nitrogens with zero attached hydrogens (tertiary/aromatic N) is 3. The molecule has 1 fully saturated rings. The van der Waals surface area contributed by atoms with Gasteiger partial charge in [0.2, 0.25) is 0 Å². The van der Waals surface area contributed by atoms with Crippen LogP contribution in [0.3, 0.4) is 0 Å². The van der Waals surface area contributed by atoms with E-state index < -0.39 is 11.7 Å². The van der Waals surface area contributed by atoms with E-state index in [2.05, 4.69) is 9.88 Å². The summed E-state index contributed by atoms with van der Waals surface area (Å²) in [5.74, 6) is 1.44. The van der Waals surface area contributed by atoms with Crippen LogP contribution in [0.5, 0.6) is 0 Å². The molecule has 2 aliphatic rings. The van der Waals surface area contributed by atoms with Gasteiger partial charge in [-0.25, -0.2) is 9.97 Å². The average Bonchev–Trinajstić information content (AvgIpc) is 2.68. The number of alkyl halides is 3. The number of hydrogen-bond acceptors (Lipinski definition) is 3. The zero-order chi connectivity index (χ0) is 18.9. The lowest BCUT2D eigenvalue weighted by Gasteiger charge is -2.29. The minimum atomic E-state index is -4.32. The maximum absolute atomic E-state index is 13.2. The first-order valence-corrected chi connectivity index (χ1v) is 9.73. The minimum absolute atomic E-state index is 0.291. The SMILES string of the molecule is FC(F)(F)c1ccccc1CN1CCc2nc(C3CCCCC3)ncc2C1. The van der Waals surface area contributed by atoms with Crippen molar-refractivity contribution >= 4 is 0 Å². The molecule has 6 heteroatoms. The molecule has 0 unspecified atom stereocenters. The van der Waals surface area contributed by atoms with E-state index in [4.69, 9.17) is 4.98 Å². The monoisotopic (exact) mass is 375 g/mol. The molecule has 4 rings (SSSR count). The third-order valence-electron chi connectivity index (χ3n) is 5.72. The first-order valence-electron chi connectivity index (χ1n) is 9.73. The summed E-state index contributed by atoms with van der Waals surface area (Å²) in [5, 5.41) is 0. The van der Waals surface area contributed by atoms with Gasteiger partial charge in [0.15, 0.2) is 0 Å². The smallest absolute Gasteiger partial charge is 0.294 e. The third kappa shape index (κ3) is 4.15. The number of aromatic nitrogens is 2. The van der Waals surface area contributed by atoms with Crippen molar-refractivity contribution in [2.45, 2.75) is 63.7 Å². The van der Waals surface area contributed by atoms with Crippen molar-refractivity contribution in [1.29, 1.82) is 0 Å². The molecule has 0 amide bonds. The van der Waals surface area contributed by atoms with E-state index in [9.17, 15) is 13.2 Å². The van der Waals surface area contributed by atoms with Crippen LogP contribution in [0.25, 0.3) is 0 Å². The highest BCUT2D eigenvalue weighted by Crippen LogP contribution is 2.34. The summed E-state index contributed by atoms with van der Waals surface area (Å²) in [4.78, 5) is 11.5. The van der Waals surface area contributed by atoms with Crippen molar-refractivity contribution < 1.29 is 13.2 Å². The topological polar surface area (TPSA) is 29.0 Å². The van der Waals surface area contributed by atoms with Crippen LogP contribution in [0, 0.1) is 0 Å². The highest BCUT2D eigenvalue weighted by atomic mass is 19.4. The van der Waals surface area contributed by atoms with Crippen LogP contribution in [-0.2, 0) is 25.7 Å². The van der Waals surface area contributed by atoms with Crippen molar-refractivity contribution in [3.05, 3.63) is 58.7 Å². The lowest BCUT2D eigenvalue weighted by atomic mass is 9.88. The Morgan fingerprint density at radius 2 is 1.85 bits per heavy atom. The second-order valence-electron chi connectivity index (χ2n) is 7.65. The van der Waals surface area contributed by atoms with Crippen LogP contribution in [0.1, 0.15) is 66.2 Å². The Morgan fingerprint density at radius 3 is 2.63 bits per heavy atom. The molecule has 0 atom stereocenters. The molecule has 1 aromatic carbocycles. The van der Waals surface area contributed by atoms with E-state index in [1.54, 1.807) is 12.1 Å². The predicted molar refractivity (Wildman–Crippen MR) is 97.1 cm³/mol. The van der Waals surface area contributed by atoms with E-state index in [-0.39, 0.29) is 0 Å². The molecular weight excluding hydrogens is 351 g/mol. The van der Waals surface area contributed by atoms with E-state index in [0.29, 0.717) is 24.6 Å². The molecule has 0 spiro atoms. The molecule has 1 saturated carbocycles. The average molecular weight is 375 g/mol. The molecule has 1 aliphatic heterocycles. The number of fused-ring (bicyclic) bond motifs is 1. The Hall–Kier alpha value is -1.95. The fraction of sp³-hybridized carbons (Fsp3) is 0.524. The zero-order valence-corrected chi connectivity index (χ0v) is 15.3. The number of hydrogen-bond donors (Lipinski definition) is 0. The number of rotatable bonds is 3. The van der Waals surface area contributed by atoms with E-state index in [1.165, 1.54) is 38.2 Å². The van der Waals surface area contributed by atoms with Gasteiger partial charge in [0.05, 0.1) is 5.56 Å².